The third kappa shape index (κ3) is 4.08. The lowest BCUT2D eigenvalue weighted by Crippen LogP contribution is -2.06. The van der Waals surface area contributed by atoms with E-state index in [1.165, 1.54) is 12.4 Å². The molecule has 29 heavy (non-hydrogen) atoms. The molecule has 1 atom stereocenters. The Morgan fingerprint density at radius 3 is 2.55 bits per heavy atom. The molecule has 9 nitrogen and oxygen atoms in total. The third-order valence-electron chi connectivity index (χ3n) is 4.29. The first kappa shape index (κ1) is 18.6. The van der Waals surface area contributed by atoms with Gasteiger partial charge in [-0.15, -0.1) is 0 Å². The molecule has 0 fully saturated rings. The van der Waals surface area contributed by atoms with Gasteiger partial charge in [-0.25, -0.2) is 18.7 Å². The number of anilines is 1. The zero-order valence-electron chi connectivity index (χ0n) is 15.3. The number of rotatable bonds is 6. The van der Waals surface area contributed by atoms with Gasteiger partial charge in [0.25, 0.3) is 12.3 Å². The summed E-state index contributed by atoms with van der Waals surface area (Å²) in [6, 6.07) is 3.75. The van der Waals surface area contributed by atoms with Gasteiger partial charge in [0.05, 0.1) is 17.5 Å². The molecule has 1 unspecified atom stereocenters. The molecular formula is C18H16F2N8O. The highest BCUT2D eigenvalue weighted by Gasteiger charge is 2.18. The SMILES string of the molecule is CC(c1ccc(-c2cnc(N)nc2)nc1)c1noc(-c2cnn(CC(F)F)c2)n1. The summed E-state index contributed by atoms with van der Waals surface area (Å²) < 4.78 is 31.3. The van der Waals surface area contributed by atoms with Crippen molar-refractivity contribution in [2.24, 2.45) is 0 Å². The van der Waals surface area contributed by atoms with E-state index < -0.39 is 13.0 Å². The maximum absolute atomic E-state index is 12.5. The zero-order chi connectivity index (χ0) is 20.4. The van der Waals surface area contributed by atoms with E-state index in [0.717, 1.165) is 15.8 Å². The predicted octanol–water partition coefficient (Wildman–Crippen LogP) is 2.78. The van der Waals surface area contributed by atoms with Crippen LogP contribution >= 0.6 is 0 Å². The van der Waals surface area contributed by atoms with Gasteiger partial charge in [-0.05, 0) is 11.6 Å². The van der Waals surface area contributed by atoms with Crippen LogP contribution in [-0.4, -0.2) is 41.3 Å². The molecule has 0 aliphatic carbocycles. The predicted molar refractivity (Wildman–Crippen MR) is 98.7 cm³/mol. The lowest BCUT2D eigenvalue weighted by molar-refractivity contribution is 0.122. The average Bonchev–Trinajstić information content (AvgIpc) is 3.37. The van der Waals surface area contributed by atoms with E-state index in [9.17, 15) is 8.78 Å². The molecule has 0 spiro atoms. The number of nitrogen functional groups attached to an aromatic ring is 1. The zero-order valence-corrected chi connectivity index (χ0v) is 15.3. The van der Waals surface area contributed by atoms with Crippen LogP contribution in [0.15, 0.2) is 47.6 Å². The van der Waals surface area contributed by atoms with E-state index in [1.807, 2.05) is 19.1 Å². The number of halogens is 2. The second-order valence-electron chi connectivity index (χ2n) is 6.33. The summed E-state index contributed by atoms with van der Waals surface area (Å²) in [4.78, 5) is 16.7. The number of hydrogen-bond acceptors (Lipinski definition) is 8. The second-order valence-corrected chi connectivity index (χ2v) is 6.33. The molecule has 0 radical (unpaired) electrons. The largest absolute Gasteiger partial charge is 0.368 e. The summed E-state index contributed by atoms with van der Waals surface area (Å²) in [5.74, 6) is 0.683. The number of pyridine rings is 1. The summed E-state index contributed by atoms with van der Waals surface area (Å²) in [6.45, 7) is 1.42. The summed E-state index contributed by atoms with van der Waals surface area (Å²) >= 11 is 0. The molecular weight excluding hydrogens is 382 g/mol. The van der Waals surface area contributed by atoms with Crippen molar-refractivity contribution in [1.29, 1.82) is 0 Å². The Bertz CT molecular complexity index is 1090. The number of alkyl halides is 2. The van der Waals surface area contributed by atoms with Gasteiger partial charge in [-0.1, -0.05) is 18.1 Å². The molecule has 0 aliphatic rings. The van der Waals surface area contributed by atoms with Gasteiger partial charge >= 0.3 is 0 Å². The highest BCUT2D eigenvalue weighted by Crippen LogP contribution is 2.26. The number of nitrogens with two attached hydrogens (primary N) is 1. The third-order valence-corrected chi connectivity index (χ3v) is 4.29. The van der Waals surface area contributed by atoms with Crippen molar-refractivity contribution in [3.05, 3.63) is 54.5 Å². The van der Waals surface area contributed by atoms with Crippen molar-refractivity contribution < 1.29 is 13.3 Å². The van der Waals surface area contributed by atoms with Crippen LogP contribution in [0.4, 0.5) is 14.7 Å². The minimum absolute atomic E-state index is 0.187. The molecule has 0 aliphatic heterocycles. The van der Waals surface area contributed by atoms with Crippen LogP contribution < -0.4 is 5.73 Å². The van der Waals surface area contributed by atoms with Gasteiger partial charge in [0, 0.05) is 36.3 Å². The average molecular weight is 398 g/mol. The van der Waals surface area contributed by atoms with Crippen LogP contribution in [-0.2, 0) is 6.54 Å². The molecule has 0 saturated carbocycles. The van der Waals surface area contributed by atoms with Crippen LogP contribution in [0.2, 0.25) is 0 Å². The lowest BCUT2D eigenvalue weighted by Gasteiger charge is -2.07. The normalized spacial score (nSPS) is 12.4. The molecule has 2 N–H and O–H groups in total. The van der Waals surface area contributed by atoms with Crippen LogP contribution in [0.25, 0.3) is 22.7 Å². The first-order valence-corrected chi connectivity index (χ1v) is 8.68. The Balaban J connectivity index is 1.50. The Morgan fingerprint density at radius 2 is 1.86 bits per heavy atom. The Kier molecular flexibility index (Phi) is 4.94. The molecule has 4 rings (SSSR count). The standard InChI is InChI=1S/C18H16F2N8O/c1-10(11-2-3-14(22-4-11)12-5-23-18(21)24-6-12)16-26-17(29-27-16)13-7-25-28(8-13)9-15(19)20/h2-8,10,15H,9H2,1H3,(H2,21,23,24). The monoisotopic (exact) mass is 398 g/mol. The summed E-state index contributed by atoms with van der Waals surface area (Å²) in [5, 5.41) is 7.87. The van der Waals surface area contributed by atoms with Gasteiger partial charge in [0.2, 0.25) is 5.95 Å². The maximum atomic E-state index is 12.5. The van der Waals surface area contributed by atoms with E-state index in [-0.39, 0.29) is 17.8 Å². The summed E-state index contributed by atoms with van der Waals surface area (Å²) in [6.07, 6.45) is 5.29. The molecule has 0 bridgehead atoms. The highest BCUT2D eigenvalue weighted by molar-refractivity contribution is 5.57. The van der Waals surface area contributed by atoms with Gasteiger partial charge in [0.15, 0.2) is 5.82 Å². The molecule has 0 amide bonds. The van der Waals surface area contributed by atoms with E-state index in [2.05, 4.69) is 30.2 Å². The Labute approximate surface area is 163 Å². The van der Waals surface area contributed by atoms with Crippen LogP contribution in [0.5, 0.6) is 0 Å². The molecule has 0 saturated heterocycles. The fraction of sp³-hybridized carbons (Fsp3) is 0.222. The van der Waals surface area contributed by atoms with Gasteiger partial charge in [-0.2, -0.15) is 10.1 Å². The quantitative estimate of drug-likeness (QED) is 0.526. The summed E-state index contributed by atoms with van der Waals surface area (Å²) in [7, 11) is 0. The Hall–Kier alpha value is -3.76. The van der Waals surface area contributed by atoms with E-state index in [4.69, 9.17) is 10.3 Å². The molecule has 11 heteroatoms. The first-order chi connectivity index (χ1) is 14.0. The van der Waals surface area contributed by atoms with Crippen molar-refractivity contribution in [3.8, 4) is 22.7 Å². The van der Waals surface area contributed by atoms with Crippen molar-refractivity contribution in [2.45, 2.75) is 25.8 Å². The molecule has 4 heterocycles. The van der Waals surface area contributed by atoms with Gasteiger partial charge < -0.3 is 10.3 Å². The Morgan fingerprint density at radius 1 is 1.07 bits per heavy atom. The van der Waals surface area contributed by atoms with Crippen molar-refractivity contribution in [3.63, 3.8) is 0 Å². The van der Waals surface area contributed by atoms with Gasteiger partial charge in [-0.3, -0.25) is 9.67 Å². The van der Waals surface area contributed by atoms with Crippen LogP contribution in [0.1, 0.15) is 24.2 Å². The number of hydrogen-bond donors (Lipinski definition) is 1. The van der Waals surface area contributed by atoms with Crippen molar-refractivity contribution >= 4 is 5.95 Å². The minimum atomic E-state index is -2.49. The molecule has 0 aromatic carbocycles. The van der Waals surface area contributed by atoms with Gasteiger partial charge in [0.1, 0.15) is 6.54 Å². The highest BCUT2D eigenvalue weighted by atomic mass is 19.3. The molecule has 4 aromatic heterocycles. The molecule has 4 aromatic rings. The van der Waals surface area contributed by atoms with Crippen molar-refractivity contribution in [1.82, 2.24) is 34.9 Å². The van der Waals surface area contributed by atoms with E-state index in [1.54, 1.807) is 18.6 Å². The van der Waals surface area contributed by atoms with Crippen LogP contribution in [0.3, 0.4) is 0 Å². The van der Waals surface area contributed by atoms with Crippen molar-refractivity contribution in [2.75, 3.05) is 5.73 Å². The second kappa shape index (κ2) is 7.70. The smallest absolute Gasteiger partial charge is 0.261 e. The first-order valence-electron chi connectivity index (χ1n) is 8.68. The lowest BCUT2D eigenvalue weighted by atomic mass is 10.0. The number of nitrogens with zero attached hydrogens (tertiary/aromatic N) is 7. The minimum Gasteiger partial charge on any atom is -0.368 e. The molecule has 148 valence electrons. The van der Waals surface area contributed by atoms with E-state index in [0.29, 0.717) is 17.1 Å². The van der Waals surface area contributed by atoms with Crippen LogP contribution in [0, 0.1) is 0 Å². The maximum Gasteiger partial charge on any atom is 0.261 e. The number of aromatic nitrogens is 7. The topological polar surface area (TPSA) is 121 Å². The summed E-state index contributed by atoms with van der Waals surface area (Å²) in [5.41, 5.74) is 8.32. The fourth-order valence-corrected chi connectivity index (χ4v) is 2.69. The fourth-order valence-electron chi connectivity index (χ4n) is 2.69. The van der Waals surface area contributed by atoms with E-state index >= 15 is 0 Å².